The zero-order chi connectivity index (χ0) is 22.3. The molecule has 0 spiro atoms. The van der Waals surface area contributed by atoms with Crippen LogP contribution < -0.4 is 15.4 Å². The van der Waals surface area contributed by atoms with Gasteiger partial charge in [0.25, 0.3) is 5.91 Å². The van der Waals surface area contributed by atoms with E-state index in [0.29, 0.717) is 23.1 Å². The standard InChI is InChI=1S/C26H28N4O2/c1-18-8-9-20-10-11-21(32-22-13-15-28-24(17-22)26(31)27-2)16-23(20)30-25(18)29-14-12-19-6-4-3-5-7-19/h3-7,10-11,13,15-18H,8-9,12,14H2,1-2H3,(H,27,31)(H,29,30). The van der Waals surface area contributed by atoms with E-state index in [0.717, 1.165) is 37.3 Å². The van der Waals surface area contributed by atoms with E-state index < -0.39 is 0 Å². The summed E-state index contributed by atoms with van der Waals surface area (Å²) in [4.78, 5) is 20.8. The lowest BCUT2D eigenvalue weighted by Crippen LogP contribution is -2.20. The first-order valence-corrected chi connectivity index (χ1v) is 11.0. The molecule has 0 saturated carbocycles. The summed E-state index contributed by atoms with van der Waals surface area (Å²) < 4.78 is 6.02. The van der Waals surface area contributed by atoms with Crippen molar-refractivity contribution in [3.8, 4) is 11.5 Å². The Balaban J connectivity index is 1.49. The van der Waals surface area contributed by atoms with Crippen LogP contribution in [0.25, 0.3) is 0 Å². The molecule has 1 aliphatic heterocycles. The topological polar surface area (TPSA) is 75.6 Å². The summed E-state index contributed by atoms with van der Waals surface area (Å²) in [5.41, 5.74) is 3.88. The maximum Gasteiger partial charge on any atom is 0.269 e. The normalized spacial score (nSPS) is 16.6. The number of ether oxygens (including phenoxy) is 1. The van der Waals surface area contributed by atoms with E-state index in [1.54, 1.807) is 25.4 Å². The van der Waals surface area contributed by atoms with Crippen LogP contribution in [0, 0.1) is 5.92 Å². The predicted octanol–water partition coefficient (Wildman–Crippen LogP) is 4.87. The number of benzene rings is 2. The van der Waals surface area contributed by atoms with E-state index in [4.69, 9.17) is 9.73 Å². The molecule has 4 rings (SSSR count). The monoisotopic (exact) mass is 428 g/mol. The molecule has 1 aromatic heterocycles. The molecule has 1 unspecified atom stereocenters. The van der Waals surface area contributed by atoms with Gasteiger partial charge in [0.05, 0.1) is 0 Å². The van der Waals surface area contributed by atoms with Crippen molar-refractivity contribution < 1.29 is 9.53 Å². The minimum Gasteiger partial charge on any atom is -0.457 e. The molecule has 1 amide bonds. The van der Waals surface area contributed by atoms with Crippen LogP contribution in [0.2, 0.25) is 0 Å². The molecule has 32 heavy (non-hydrogen) atoms. The smallest absolute Gasteiger partial charge is 0.269 e. The Morgan fingerprint density at radius 2 is 1.97 bits per heavy atom. The Bertz CT molecular complexity index is 1110. The Morgan fingerprint density at radius 1 is 1.16 bits per heavy atom. The summed E-state index contributed by atoms with van der Waals surface area (Å²) in [5.74, 6) is 2.39. The predicted molar refractivity (Wildman–Crippen MR) is 128 cm³/mol. The van der Waals surface area contributed by atoms with Gasteiger partial charge >= 0.3 is 0 Å². The highest BCUT2D eigenvalue weighted by molar-refractivity contribution is 5.98. The summed E-state index contributed by atoms with van der Waals surface area (Å²) in [7, 11) is 1.58. The SMILES string of the molecule is CNC(=O)c1cc(Oc2ccc3c(c2)NC(=NCCc2ccccc2)C(C)CC3)ccn1. The average molecular weight is 429 g/mol. The van der Waals surface area contributed by atoms with Gasteiger partial charge < -0.3 is 15.4 Å². The van der Waals surface area contributed by atoms with Crippen LogP contribution in [-0.4, -0.2) is 30.3 Å². The van der Waals surface area contributed by atoms with Gasteiger partial charge in [-0.2, -0.15) is 0 Å². The number of hydrogen-bond acceptors (Lipinski definition) is 4. The van der Waals surface area contributed by atoms with E-state index in [-0.39, 0.29) is 5.91 Å². The van der Waals surface area contributed by atoms with Crippen molar-refractivity contribution in [1.82, 2.24) is 10.3 Å². The van der Waals surface area contributed by atoms with Gasteiger partial charge in [-0.05, 0) is 42.5 Å². The third kappa shape index (κ3) is 5.32. The minimum absolute atomic E-state index is 0.246. The summed E-state index contributed by atoms with van der Waals surface area (Å²) >= 11 is 0. The number of anilines is 1. The molecule has 1 atom stereocenters. The highest BCUT2D eigenvalue weighted by Crippen LogP contribution is 2.31. The van der Waals surface area contributed by atoms with Crippen molar-refractivity contribution in [1.29, 1.82) is 0 Å². The Labute approximate surface area is 188 Å². The van der Waals surface area contributed by atoms with Crippen LogP contribution in [0.4, 0.5) is 5.69 Å². The van der Waals surface area contributed by atoms with Gasteiger partial charge in [-0.25, -0.2) is 0 Å². The lowest BCUT2D eigenvalue weighted by molar-refractivity contribution is 0.0958. The number of amidine groups is 1. The number of nitrogens with one attached hydrogen (secondary N) is 2. The van der Waals surface area contributed by atoms with E-state index in [1.165, 1.54) is 11.1 Å². The lowest BCUT2D eigenvalue weighted by Gasteiger charge is -2.14. The highest BCUT2D eigenvalue weighted by Gasteiger charge is 2.19. The van der Waals surface area contributed by atoms with Crippen molar-refractivity contribution in [3.05, 3.63) is 83.7 Å². The van der Waals surface area contributed by atoms with Gasteiger partial charge in [-0.1, -0.05) is 43.3 Å². The number of nitrogens with zero attached hydrogens (tertiary/aromatic N) is 2. The molecule has 2 heterocycles. The molecule has 0 radical (unpaired) electrons. The van der Waals surface area contributed by atoms with E-state index in [9.17, 15) is 4.79 Å². The first-order valence-electron chi connectivity index (χ1n) is 11.0. The van der Waals surface area contributed by atoms with Crippen LogP contribution in [0.5, 0.6) is 11.5 Å². The number of pyridine rings is 1. The molecule has 0 aliphatic carbocycles. The fourth-order valence-corrected chi connectivity index (χ4v) is 3.73. The minimum atomic E-state index is -0.246. The maximum atomic E-state index is 11.8. The molecule has 6 heteroatoms. The van der Waals surface area contributed by atoms with Gasteiger partial charge in [-0.15, -0.1) is 0 Å². The summed E-state index contributed by atoms with van der Waals surface area (Å²) in [6.07, 6.45) is 4.52. The first kappa shape index (κ1) is 21.6. The molecule has 0 bridgehead atoms. The Hall–Kier alpha value is -3.67. The van der Waals surface area contributed by atoms with Gasteiger partial charge in [0.1, 0.15) is 23.0 Å². The molecule has 2 N–H and O–H groups in total. The van der Waals surface area contributed by atoms with Gasteiger partial charge in [0.15, 0.2) is 0 Å². The molecule has 0 fully saturated rings. The van der Waals surface area contributed by atoms with E-state index in [2.05, 4.69) is 52.9 Å². The maximum absolute atomic E-state index is 11.8. The second kappa shape index (κ2) is 10.1. The molecule has 3 aromatic rings. The Kier molecular flexibility index (Phi) is 6.80. The highest BCUT2D eigenvalue weighted by atomic mass is 16.5. The molecule has 164 valence electrons. The van der Waals surface area contributed by atoms with Crippen molar-refractivity contribution in [3.63, 3.8) is 0 Å². The van der Waals surface area contributed by atoms with Crippen molar-refractivity contribution in [2.45, 2.75) is 26.2 Å². The van der Waals surface area contributed by atoms with Gasteiger partial charge in [-0.3, -0.25) is 14.8 Å². The summed E-state index contributed by atoms with van der Waals surface area (Å²) in [5, 5.41) is 6.13. The number of fused-ring (bicyclic) bond motifs is 1. The molecule has 2 aromatic carbocycles. The number of carbonyl (C=O) groups is 1. The molecule has 0 saturated heterocycles. The summed E-state index contributed by atoms with van der Waals surface area (Å²) in [6, 6.07) is 19.9. The zero-order valence-electron chi connectivity index (χ0n) is 18.5. The lowest BCUT2D eigenvalue weighted by atomic mass is 10.0. The number of aryl methyl sites for hydroxylation is 1. The van der Waals surface area contributed by atoms with Crippen LogP contribution in [0.1, 0.15) is 35.0 Å². The fraction of sp³-hybridized carbons (Fsp3) is 0.269. The van der Waals surface area contributed by atoms with Crippen LogP contribution in [0.15, 0.2) is 71.9 Å². The Morgan fingerprint density at radius 3 is 2.78 bits per heavy atom. The molecule has 6 nitrogen and oxygen atoms in total. The van der Waals surface area contributed by atoms with Crippen LogP contribution >= 0.6 is 0 Å². The van der Waals surface area contributed by atoms with E-state index >= 15 is 0 Å². The second-order valence-corrected chi connectivity index (χ2v) is 7.94. The van der Waals surface area contributed by atoms with Crippen molar-refractivity contribution in [2.24, 2.45) is 10.9 Å². The number of amides is 1. The van der Waals surface area contributed by atoms with Crippen LogP contribution in [0.3, 0.4) is 0 Å². The number of aromatic nitrogens is 1. The van der Waals surface area contributed by atoms with Crippen molar-refractivity contribution in [2.75, 3.05) is 18.9 Å². The van der Waals surface area contributed by atoms with Gasteiger partial charge in [0, 0.05) is 43.5 Å². The van der Waals surface area contributed by atoms with Crippen LogP contribution in [-0.2, 0) is 12.8 Å². The first-order chi connectivity index (χ1) is 15.6. The van der Waals surface area contributed by atoms with E-state index in [1.807, 2.05) is 18.2 Å². The molecule has 1 aliphatic rings. The molecular formula is C26H28N4O2. The third-order valence-corrected chi connectivity index (χ3v) is 5.61. The number of aliphatic imine (C=N–C) groups is 1. The number of carbonyl (C=O) groups excluding carboxylic acids is 1. The average Bonchev–Trinajstić information content (AvgIpc) is 2.98. The fourth-order valence-electron chi connectivity index (χ4n) is 3.73. The number of hydrogen-bond donors (Lipinski definition) is 2. The number of rotatable bonds is 6. The largest absolute Gasteiger partial charge is 0.457 e. The summed E-state index contributed by atoms with van der Waals surface area (Å²) in [6.45, 7) is 2.97. The second-order valence-electron chi connectivity index (χ2n) is 7.94. The van der Waals surface area contributed by atoms with Gasteiger partial charge in [0.2, 0.25) is 0 Å². The molecular weight excluding hydrogens is 400 g/mol. The quantitative estimate of drug-likeness (QED) is 0.587. The van der Waals surface area contributed by atoms with Crippen molar-refractivity contribution >= 4 is 17.4 Å². The zero-order valence-corrected chi connectivity index (χ0v) is 18.5. The third-order valence-electron chi connectivity index (χ3n) is 5.61.